The van der Waals surface area contributed by atoms with Crippen molar-refractivity contribution < 1.29 is 14.3 Å². The second-order valence-electron chi connectivity index (χ2n) is 7.22. The van der Waals surface area contributed by atoms with Crippen LogP contribution < -0.4 is 9.80 Å². The molecule has 1 aromatic heterocycles. The number of aromatic nitrogens is 2. The van der Waals surface area contributed by atoms with Crippen LogP contribution in [0.1, 0.15) is 25.6 Å². The fourth-order valence-electron chi connectivity index (χ4n) is 3.97. The van der Waals surface area contributed by atoms with Gasteiger partial charge in [-0.3, -0.25) is 4.79 Å². The van der Waals surface area contributed by atoms with Gasteiger partial charge in [0.1, 0.15) is 17.5 Å². The molecule has 0 unspecified atom stereocenters. The molecular formula is C18H27N5O3. The van der Waals surface area contributed by atoms with Crippen LogP contribution in [0, 0.1) is 6.92 Å². The molecule has 4 heterocycles. The number of nitrogens with zero attached hydrogens (tertiary/aromatic N) is 5. The quantitative estimate of drug-likeness (QED) is 0.771. The van der Waals surface area contributed by atoms with Gasteiger partial charge in [-0.05, 0) is 6.92 Å². The van der Waals surface area contributed by atoms with E-state index in [2.05, 4.69) is 25.8 Å². The number of hydrogen-bond acceptors (Lipinski definition) is 7. The van der Waals surface area contributed by atoms with Gasteiger partial charge in [-0.2, -0.15) is 0 Å². The Hall–Kier alpha value is -1.93. The van der Waals surface area contributed by atoms with Crippen molar-refractivity contribution in [1.82, 2.24) is 14.9 Å². The fourth-order valence-corrected chi connectivity index (χ4v) is 3.97. The van der Waals surface area contributed by atoms with E-state index in [9.17, 15) is 4.79 Å². The minimum Gasteiger partial charge on any atom is -0.356 e. The van der Waals surface area contributed by atoms with Gasteiger partial charge in [0.2, 0.25) is 5.91 Å². The molecule has 26 heavy (non-hydrogen) atoms. The van der Waals surface area contributed by atoms with E-state index < -0.39 is 0 Å². The van der Waals surface area contributed by atoms with Crippen molar-refractivity contribution in [2.24, 2.45) is 0 Å². The summed E-state index contributed by atoms with van der Waals surface area (Å²) in [5.41, 5.74) is 0. The monoisotopic (exact) mass is 361 g/mol. The van der Waals surface area contributed by atoms with Gasteiger partial charge in [-0.15, -0.1) is 0 Å². The Kier molecular flexibility index (Phi) is 4.71. The van der Waals surface area contributed by atoms with Gasteiger partial charge >= 0.3 is 0 Å². The van der Waals surface area contributed by atoms with E-state index >= 15 is 0 Å². The highest BCUT2D eigenvalue weighted by molar-refractivity contribution is 5.73. The van der Waals surface area contributed by atoms with E-state index in [0.29, 0.717) is 13.2 Å². The minimum absolute atomic E-state index is 0.141. The first-order chi connectivity index (χ1) is 12.5. The number of carbonyl (C=O) groups excluding carboxylic acids is 1. The number of amides is 1. The van der Waals surface area contributed by atoms with E-state index in [-0.39, 0.29) is 11.7 Å². The second-order valence-corrected chi connectivity index (χ2v) is 7.22. The van der Waals surface area contributed by atoms with Gasteiger partial charge in [0.05, 0.1) is 13.2 Å². The van der Waals surface area contributed by atoms with Gasteiger partial charge in [-0.1, -0.05) is 0 Å². The number of ether oxygens (including phenoxy) is 2. The molecule has 3 aliphatic heterocycles. The minimum atomic E-state index is -0.371. The molecule has 3 aliphatic rings. The van der Waals surface area contributed by atoms with Gasteiger partial charge in [-0.25, -0.2) is 9.97 Å². The maximum atomic E-state index is 11.5. The lowest BCUT2D eigenvalue weighted by molar-refractivity contribution is -0.169. The molecule has 142 valence electrons. The van der Waals surface area contributed by atoms with Crippen LogP contribution in [0.3, 0.4) is 0 Å². The van der Waals surface area contributed by atoms with Crippen molar-refractivity contribution >= 4 is 17.5 Å². The summed E-state index contributed by atoms with van der Waals surface area (Å²) in [4.78, 5) is 27.2. The Morgan fingerprint density at radius 2 is 1.50 bits per heavy atom. The van der Waals surface area contributed by atoms with E-state index in [1.807, 2.05) is 11.8 Å². The smallest absolute Gasteiger partial charge is 0.219 e. The first-order valence-corrected chi connectivity index (χ1v) is 9.44. The summed E-state index contributed by atoms with van der Waals surface area (Å²) >= 11 is 0. The van der Waals surface area contributed by atoms with Crippen molar-refractivity contribution in [2.75, 3.05) is 62.3 Å². The first kappa shape index (κ1) is 17.5. The molecule has 3 fully saturated rings. The molecule has 0 N–H and O–H groups in total. The molecule has 0 atom stereocenters. The zero-order valence-corrected chi connectivity index (χ0v) is 15.6. The lowest BCUT2D eigenvalue weighted by atomic mass is 10.0. The molecule has 0 aliphatic carbocycles. The topological polar surface area (TPSA) is 71.0 Å². The third kappa shape index (κ3) is 3.48. The normalized spacial score (nSPS) is 22.9. The predicted octanol–water partition coefficient (Wildman–Crippen LogP) is 0.797. The van der Waals surface area contributed by atoms with Crippen molar-refractivity contribution in [2.45, 2.75) is 32.5 Å². The number of piperidine rings is 1. The lowest BCUT2D eigenvalue weighted by Gasteiger charge is -2.39. The molecule has 3 saturated heterocycles. The van der Waals surface area contributed by atoms with Gasteiger partial charge in [0.25, 0.3) is 0 Å². The SMILES string of the molecule is CC(=O)N1CCN(c2cc(N3CCC4(CC3)OCCO4)nc(C)n2)CC1. The van der Waals surface area contributed by atoms with Crippen molar-refractivity contribution in [1.29, 1.82) is 0 Å². The molecule has 8 heteroatoms. The van der Waals surface area contributed by atoms with E-state index in [1.165, 1.54) is 0 Å². The standard InChI is InChI=1S/C18H27N5O3/c1-14-19-16(22-5-3-18(4-6-22)25-11-12-26-18)13-17(20-14)23-9-7-21(8-10-23)15(2)24/h13H,3-12H2,1-2H3. The summed E-state index contributed by atoms with van der Waals surface area (Å²) < 4.78 is 11.6. The molecule has 1 spiro atoms. The lowest BCUT2D eigenvalue weighted by Crippen LogP contribution is -2.48. The Morgan fingerprint density at radius 3 is 2.04 bits per heavy atom. The Labute approximate surface area is 154 Å². The van der Waals surface area contributed by atoms with Crippen LogP contribution in [0.4, 0.5) is 11.6 Å². The fraction of sp³-hybridized carbons (Fsp3) is 0.722. The van der Waals surface area contributed by atoms with Crippen molar-refractivity contribution in [3.8, 4) is 0 Å². The first-order valence-electron chi connectivity index (χ1n) is 9.44. The molecule has 0 bridgehead atoms. The Balaban J connectivity index is 1.44. The predicted molar refractivity (Wildman–Crippen MR) is 97.3 cm³/mol. The Morgan fingerprint density at radius 1 is 0.962 bits per heavy atom. The largest absolute Gasteiger partial charge is 0.356 e. The number of anilines is 2. The number of hydrogen-bond donors (Lipinski definition) is 0. The summed E-state index contributed by atoms with van der Waals surface area (Å²) in [6, 6.07) is 2.07. The molecule has 0 radical (unpaired) electrons. The van der Waals surface area contributed by atoms with Crippen molar-refractivity contribution in [3.63, 3.8) is 0 Å². The summed E-state index contributed by atoms with van der Waals surface area (Å²) in [5.74, 6) is 2.46. The van der Waals surface area contributed by atoms with Crippen LogP contribution in [-0.2, 0) is 14.3 Å². The maximum Gasteiger partial charge on any atom is 0.219 e. The molecule has 1 aromatic rings. The van der Waals surface area contributed by atoms with Crippen molar-refractivity contribution in [3.05, 3.63) is 11.9 Å². The number of rotatable bonds is 2. The second kappa shape index (κ2) is 7.00. The molecule has 4 rings (SSSR count). The third-order valence-corrected chi connectivity index (χ3v) is 5.52. The number of piperazine rings is 1. The van der Waals surface area contributed by atoms with Crippen LogP contribution in [-0.4, -0.2) is 79.0 Å². The van der Waals surface area contributed by atoms with E-state index in [0.717, 1.165) is 69.6 Å². The Bertz CT molecular complexity index is 659. The summed E-state index contributed by atoms with van der Waals surface area (Å²) in [6.07, 6.45) is 1.73. The molecular weight excluding hydrogens is 334 g/mol. The van der Waals surface area contributed by atoms with Crippen LogP contribution in [0.15, 0.2) is 6.07 Å². The number of aryl methyl sites for hydroxylation is 1. The third-order valence-electron chi connectivity index (χ3n) is 5.52. The summed E-state index contributed by atoms with van der Waals surface area (Å²) in [6.45, 7) is 9.80. The zero-order valence-electron chi connectivity index (χ0n) is 15.6. The van der Waals surface area contributed by atoms with E-state index in [4.69, 9.17) is 9.47 Å². The zero-order chi connectivity index (χ0) is 18.1. The molecule has 1 amide bonds. The van der Waals surface area contributed by atoms with Gasteiger partial charge in [0, 0.05) is 65.1 Å². The van der Waals surface area contributed by atoms with E-state index in [1.54, 1.807) is 6.92 Å². The maximum absolute atomic E-state index is 11.5. The molecule has 8 nitrogen and oxygen atoms in total. The highest BCUT2D eigenvalue weighted by atomic mass is 16.7. The highest BCUT2D eigenvalue weighted by Crippen LogP contribution is 2.33. The van der Waals surface area contributed by atoms with Crippen LogP contribution in [0.2, 0.25) is 0 Å². The molecule has 0 aromatic carbocycles. The van der Waals surface area contributed by atoms with Crippen LogP contribution >= 0.6 is 0 Å². The average Bonchev–Trinajstić information content (AvgIpc) is 3.10. The molecule has 0 saturated carbocycles. The average molecular weight is 361 g/mol. The van der Waals surface area contributed by atoms with Crippen LogP contribution in [0.25, 0.3) is 0 Å². The van der Waals surface area contributed by atoms with Gasteiger partial charge in [0.15, 0.2) is 5.79 Å². The summed E-state index contributed by atoms with van der Waals surface area (Å²) in [5, 5.41) is 0. The summed E-state index contributed by atoms with van der Waals surface area (Å²) in [7, 11) is 0. The van der Waals surface area contributed by atoms with Crippen LogP contribution in [0.5, 0.6) is 0 Å². The highest BCUT2D eigenvalue weighted by Gasteiger charge is 2.40. The van der Waals surface area contributed by atoms with Gasteiger partial charge < -0.3 is 24.2 Å². The number of carbonyl (C=O) groups is 1.